The van der Waals surface area contributed by atoms with Crippen LogP contribution in [0.4, 0.5) is 5.69 Å². The zero-order valence-electron chi connectivity index (χ0n) is 14.1. The Morgan fingerprint density at radius 1 is 1.15 bits per heavy atom. The number of hydrogen-bond donors (Lipinski definition) is 1. The number of hydrogen-bond acceptors (Lipinski definition) is 6. The van der Waals surface area contributed by atoms with E-state index in [1.54, 1.807) is 49.0 Å². The van der Waals surface area contributed by atoms with Crippen molar-refractivity contribution < 1.29 is 17.9 Å². The highest BCUT2D eigenvalue weighted by Gasteiger charge is 2.28. The lowest BCUT2D eigenvalue weighted by Gasteiger charge is -2.13. The molecule has 2 heterocycles. The molecule has 0 aliphatic heterocycles. The normalized spacial score (nSPS) is 11.2. The third-order valence-electron chi connectivity index (χ3n) is 3.72. The molecule has 0 amide bonds. The van der Waals surface area contributed by atoms with Crippen LogP contribution < -0.4 is 4.72 Å². The first-order chi connectivity index (χ1) is 12.4. The Morgan fingerprint density at radius 2 is 1.85 bits per heavy atom. The summed E-state index contributed by atoms with van der Waals surface area (Å²) < 4.78 is 33.3. The highest BCUT2D eigenvalue weighted by atomic mass is 32.2. The summed E-state index contributed by atoms with van der Waals surface area (Å²) in [5.41, 5.74) is 2.45. The molecule has 1 aromatic carbocycles. The first kappa shape index (κ1) is 18.1. The van der Waals surface area contributed by atoms with Gasteiger partial charge in [0.15, 0.2) is 0 Å². The second-order valence-corrected chi connectivity index (χ2v) is 7.95. The summed E-state index contributed by atoms with van der Waals surface area (Å²) in [4.78, 5) is 15.9. The number of sulfonamides is 1. The molecule has 0 saturated carbocycles. The largest absolute Gasteiger partial charge is 0.465 e. The summed E-state index contributed by atoms with van der Waals surface area (Å²) in [6.45, 7) is 1.65. The maximum absolute atomic E-state index is 13.0. The van der Waals surface area contributed by atoms with E-state index < -0.39 is 16.0 Å². The number of aryl methyl sites for hydroxylation is 1. The SMILES string of the molecule is COC(=O)c1scc(C)c1S(=O)(=O)Nc1ccccc1-c1ccncc1. The van der Waals surface area contributed by atoms with Crippen LogP contribution in [0.15, 0.2) is 59.1 Å². The van der Waals surface area contributed by atoms with Crippen LogP contribution in [-0.2, 0) is 14.8 Å². The lowest BCUT2D eigenvalue weighted by Crippen LogP contribution is -2.17. The van der Waals surface area contributed by atoms with Crippen LogP contribution in [0.5, 0.6) is 0 Å². The number of esters is 1. The van der Waals surface area contributed by atoms with E-state index in [4.69, 9.17) is 4.74 Å². The maximum atomic E-state index is 13.0. The van der Waals surface area contributed by atoms with Gasteiger partial charge in [0, 0.05) is 18.0 Å². The van der Waals surface area contributed by atoms with Crippen molar-refractivity contribution in [1.29, 1.82) is 0 Å². The molecular formula is C18H16N2O4S2. The number of carbonyl (C=O) groups excluding carboxylic acids is 1. The van der Waals surface area contributed by atoms with Gasteiger partial charge >= 0.3 is 5.97 Å². The lowest BCUT2D eigenvalue weighted by molar-refractivity contribution is 0.0602. The number of thiophene rings is 1. The molecular weight excluding hydrogens is 372 g/mol. The van der Waals surface area contributed by atoms with Crippen LogP contribution >= 0.6 is 11.3 Å². The quantitative estimate of drug-likeness (QED) is 0.674. The molecule has 0 aliphatic rings. The fourth-order valence-electron chi connectivity index (χ4n) is 2.55. The number of benzene rings is 1. The van der Waals surface area contributed by atoms with Crippen LogP contribution in [0.3, 0.4) is 0 Å². The van der Waals surface area contributed by atoms with E-state index in [-0.39, 0.29) is 9.77 Å². The number of pyridine rings is 1. The van der Waals surface area contributed by atoms with Gasteiger partial charge in [0.25, 0.3) is 10.0 Å². The summed E-state index contributed by atoms with van der Waals surface area (Å²) in [6.07, 6.45) is 3.28. The average molecular weight is 388 g/mol. The molecule has 0 aliphatic carbocycles. The van der Waals surface area contributed by atoms with Crippen LogP contribution in [0.25, 0.3) is 11.1 Å². The number of anilines is 1. The van der Waals surface area contributed by atoms with Gasteiger partial charge in [0.1, 0.15) is 9.77 Å². The lowest BCUT2D eigenvalue weighted by atomic mass is 10.1. The summed E-state index contributed by atoms with van der Waals surface area (Å²) in [5.74, 6) is -0.675. The number of carbonyl (C=O) groups is 1. The van der Waals surface area contributed by atoms with E-state index in [9.17, 15) is 13.2 Å². The average Bonchev–Trinajstić information content (AvgIpc) is 3.04. The minimum atomic E-state index is -3.97. The molecule has 26 heavy (non-hydrogen) atoms. The molecule has 0 unspecified atom stereocenters. The van der Waals surface area contributed by atoms with Crippen molar-refractivity contribution in [2.24, 2.45) is 0 Å². The smallest absolute Gasteiger partial charge is 0.349 e. The van der Waals surface area contributed by atoms with E-state index in [0.29, 0.717) is 16.8 Å². The van der Waals surface area contributed by atoms with Gasteiger partial charge in [-0.05, 0) is 41.6 Å². The van der Waals surface area contributed by atoms with Crippen molar-refractivity contribution in [3.8, 4) is 11.1 Å². The van der Waals surface area contributed by atoms with Gasteiger partial charge in [-0.15, -0.1) is 11.3 Å². The van der Waals surface area contributed by atoms with Gasteiger partial charge in [-0.25, -0.2) is 13.2 Å². The van der Waals surface area contributed by atoms with E-state index in [1.165, 1.54) is 7.11 Å². The maximum Gasteiger partial charge on any atom is 0.349 e. The molecule has 6 nitrogen and oxygen atoms in total. The molecule has 8 heteroatoms. The summed E-state index contributed by atoms with van der Waals surface area (Å²) in [7, 11) is -2.75. The van der Waals surface area contributed by atoms with Crippen molar-refractivity contribution in [3.63, 3.8) is 0 Å². The van der Waals surface area contributed by atoms with Crippen molar-refractivity contribution in [1.82, 2.24) is 4.98 Å². The predicted molar refractivity (Wildman–Crippen MR) is 101 cm³/mol. The monoisotopic (exact) mass is 388 g/mol. The molecule has 0 atom stereocenters. The Bertz CT molecular complexity index is 1040. The van der Waals surface area contributed by atoms with Gasteiger partial charge in [0.2, 0.25) is 0 Å². The Morgan fingerprint density at radius 3 is 2.54 bits per heavy atom. The fourth-order valence-corrected chi connectivity index (χ4v) is 5.34. The number of methoxy groups -OCH3 is 1. The number of nitrogens with one attached hydrogen (secondary N) is 1. The standard InChI is InChI=1S/C18H16N2O4S2/c1-12-11-25-16(18(21)24-2)17(12)26(22,23)20-15-6-4-3-5-14(15)13-7-9-19-10-8-13/h3-11,20H,1-2H3. The van der Waals surface area contributed by atoms with Crippen molar-refractivity contribution >= 4 is 33.0 Å². The summed E-state index contributed by atoms with van der Waals surface area (Å²) >= 11 is 1.04. The van der Waals surface area contributed by atoms with Crippen molar-refractivity contribution in [3.05, 3.63) is 64.6 Å². The molecule has 0 saturated heterocycles. The van der Waals surface area contributed by atoms with Crippen molar-refractivity contribution in [2.75, 3.05) is 11.8 Å². The van der Waals surface area contributed by atoms with Crippen LogP contribution in [0.2, 0.25) is 0 Å². The second kappa shape index (κ2) is 7.27. The van der Waals surface area contributed by atoms with E-state index in [0.717, 1.165) is 16.9 Å². The molecule has 0 radical (unpaired) electrons. The van der Waals surface area contributed by atoms with E-state index >= 15 is 0 Å². The molecule has 0 fully saturated rings. The Balaban J connectivity index is 2.06. The van der Waals surface area contributed by atoms with Crippen LogP contribution in [-0.4, -0.2) is 26.5 Å². The summed E-state index contributed by atoms with van der Waals surface area (Å²) in [5, 5.41) is 1.62. The predicted octanol–water partition coefficient (Wildman–Crippen LogP) is 3.71. The van der Waals surface area contributed by atoms with Gasteiger partial charge < -0.3 is 4.74 Å². The third-order valence-corrected chi connectivity index (χ3v) is 6.48. The molecule has 3 rings (SSSR count). The van der Waals surface area contributed by atoms with E-state index in [2.05, 4.69) is 9.71 Å². The molecule has 1 N–H and O–H groups in total. The minimum absolute atomic E-state index is 0.0545. The number of aromatic nitrogens is 1. The second-order valence-electron chi connectivity index (χ2n) is 5.46. The van der Waals surface area contributed by atoms with Gasteiger partial charge in [-0.3, -0.25) is 9.71 Å². The highest BCUT2D eigenvalue weighted by Crippen LogP contribution is 2.32. The first-order valence-electron chi connectivity index (χ1n) is 7.62. The van der Waals surface area contributed by atoms with Gasteiger partial charge in [-0.2, -0.15) is 0 Å². The van der Waals surface area contributed by atoms with Gasteiger partial charge in [0.05, 0.1) is 12.8 Å². The Hall–Kier alpha value is -2.71. The summed E-state index contributed by atoms with van der Waals surface area (Å²) in [6, 6.07) is 10.6. The number of ether oxygens (including phenoxy) is 1. The fraction of sp³-hybridized carbons (Fsp3) is 0.111. The molecule has 2 aromatic heterocycles. The minimum Gasteiger partial charge on any atom is -0.465 e. The number of rotatable bonds is 5. The van der Waals surface area contributed by atoms with Crippen molar-refractivity contribution in [2.45, 2.75) is 11.8 Å². The highest BCUT2D eigenvalue weighted by molar-refractivity contribution is 7.93. The molecule has 0 bridgehead atoms. The van der Waals surface area contributed by atoms with Crippen LogP contribution in [0.1, 0.15) is 15.2 Å². The zero-order valence-corrected chi connectivity index (χ0v) is 15.7. The third kappa shape index (κ3) is 3.47. The van der Waals surface area contributed by atoms with Gasteiger partial charge in [-0.1, -0.05) is 18.2 Å². The first-order valence-corrected chi connectivity index (χ1v) is 9.99. The molecule has 134 valence electrons. The van der Waals surface area contributed by atoms with E-state index in [1.807, 2.05) is 12.1 Å². The Kier molecular flexibility index (Phi) is 5.06. The van der Waals surface area contributed by atoms with Crippen LogP contribution in [0, 0.1) is 6.92 Å². The topological polar surface area (TPSA) is 85.4 Å². The zero-order chi connectivity index (χ0) is 18.7. The Labute approximate surface area is 155 Å². The number of para-hydroxylation sites is 1. The number of nitrogens with zero attached hydrogens (tertiary/aromatic N) is 1. The molecule has 0 spiro atoms. The molecule has 3 aromatic rings.